The molecule has 10 heteroatoms. The minimum Gasteiger partial charge on any atom is -0.496 e. The third-order valence-corrected chi connectivity index (χ3v) is 6.24. The Bertz CT molecular complexity index is 1370. The van der Waals surface area contributed by atoms with Crippen LogP contribution in [0.5, 0.6) is 11.8 Å². The largest absolute Gasteiger partial charge is 0.496 e. The van der Waals surface area contributed by atoms with Gasteiger partial charge < -0.3 is 29.2 Å². The van der Waals surface area contributed by atoms with E-state index in [1.165, 1.54) is 0 Å². The number of nitrogens with one attached hydrogen (secondary N) is 1. The van der Waals surface area contributed by atoms with Gasteiger partial charge in [0.1, 0.15) is 11.6 Å². The number of aliphatic hydroxyl groups is 1. The molecular formula is C27H30N6O4. The van der Waals surface area contributed by atoms with Crippen molar-refractivity contribution in [1.82, 2.24) is 15.0 Å². The van der Waals surface area contributed by atoms with Crippen molar-refractivity contribution >= 4 is 22.5 Å². The number of methoxy groups -OCH3 is 1. The average Bonchev–Trinajstić information content (AvgIpc) is 3.36. The van der Waals surface area contributed by atoms with Gasteiger partial charge in [0.2, 0.25) is 0 Å². The van der Waals surface area contributed by atoms with Gasteiger partial charge in [0.05, 0.1) is 40.1 Å². The summed E-state index contributed by atoms with van der Waals surface area (Å²) < 4.78 is 16.7. The van der Waals surface area contributed by atoms with Crippen LogP contribution in [-0.2, 0) is 24.3 Å². The molecule has 3 heterocycles. The van der Waals surface area contributed by atoms with Gasteiger partial charge in [-0.05, 0) is 23.8 Å². The van der Waals surface area contributed by atoms with Gasteiger partial charge in [0.25, 0.3) is 0 Å². The first-order valence-corrected chi connectivity index (χ1v) is 12.3. The zero-order valence-corrected chi connectivity index (χ0v) is 20.8. The minimum absolute atomic E-state index is 0.0878. The molecule has 2 aromatic heterocycles. The Hall–Kier alpha value is -4.02. The first kappa shape index (κ1) is 24.7. The van der Waals surface area contributed by atoms with E-state index in [0.29, 0.717) is 44.4 Å². The van der Waals surface area contributed by atoms with Crippen LogP contribution < -0.4 is 14.4 Å². The number of H-pyrrole nitrogens is 1. The van der Waals surface area contributed by atoms with Crippen LogP contribution in [0, 0.1) is 0 Å². The Balaban J connectivity index is 1.30. The van der Waals surface area contributed by atoms with Crippen molar-refractivity contribution < 1.29 is 19.3 Å². The monoisotopic (exact) mass is 502 g/mol. The summed E-state index contributed by atoms with van der Waals surface area (Å²) in [7, 11) is 1.59. The molecule has 1 aliphatic heterocycles. The van der Waals surface area contributed by atoms with Gasteiger partial charge in [0.15, 0.2) is 5.82 Å². The summed E-state index contributed by atoms with van der Waals surface area (Å²) in [5, 5.41) is 19.5. The molecule has 2 N–H and O–H groups in total. The standard InChI is InChI=1S/C27H30N6O4/c1-35-24-7-6-19(14-20(24)18-34)8-11-37-27-30-25(15-26(31-27)33-9-12-36-13-10-33)32-29-17-21-16-28-23-5-3-2-4-22(21)23/h2-7,14-16,28,34H,8-13,17-18H2,1H3. The van der Waals surface area contributed by atoms with Crippen LogP contribution in [0.25, 0.3) is 10.9 Å². The van der Waals surface area contributed by atoms with Crippen molar-refractivity contribution in [2.45, 2.75) is 19.6 Å². The Morgan fingerprint density at radius 1 is 1.08 bits per heavy atom. The molecule has 1 saturated heterocycles. The molecule has 0 saturated carbocycles. The molecule has 1 fully saturated rings. The molecule has 0 unspecified atom stereocenters. The number of aliphatic hydroxyl groups excluding tert-OH is 1. The number of fused-ring (bicyclic) bond motifs is 1. The average molecular weight is 503 g/mol. The molecule has 1 aliphatic rings. The molecule has 0 spiro atoms. The predicted octanol–water partition coefficient (Wildman–Crippen LogP) is 4.20. The lowest BCUT2D eigenvalue weighted by Gasteiger charge is -2.27. The third-order valence-electron chi connectivity index (χ3n) is 6.24. The molecule has 0 radical (unpaired) electrons. The summed E-state index contributed by atoms with van der Waals surface area (Å²) in [5.41, 5.74) is 3.90. The van der Waals surface area contributed by atoms with E-state index >= 15 is 0 Å². The van der Waals surface area contributed by atoms with Crippen molar-refractivity contribution in [3.63, 3.8) is 0 Å². The molecule has 2 aromatic carbocycles. The Morgan fingerprint density at radius 2 is 1.95 bits per heavy atom. The third kappa shape index (κ3) is 6.04. The second-order valence-corrected chi connectivity index (χ2v) is 8.63. The van der Waals surface area contributed by atoms with Crippen LogP contribution in [0.1, 0.15) is 16.7 Å². The number of aromatic nitrogens is 3. The molecule has 0 bridgehead atoms. The fraction of sp³-hybridized carbons (Fsp3) is 0.333. The summed E-state index contributed by atoms with van der Waals surface area (Å²) in [5.74, 6) is 1.84. The van der Waals surface area contributed by atoms with E-state index in [1.807, 2.05) is 48.7 Å². The quantitative estimate of drug-likeness (QED) is 0.312. The van der Waals surface area contributed by atoms with Gasteiger partial charge in [-0.25, -0.2) is 0 Å². The van der Waals surface area contributed by atoms with Gasteiger partial charge in [0, 0.05) is 53.8 Å². The number of hydrogen-bond acceptors (Lipinski definition) is 9. The fourth-order valence-corrected chi connectivity index (χ4v) is 4.29. The predicted molar refractivity (Wildman–Crippen MR) is 140 cm³/mol. The van der Waals surface area contributed by atoms with Crippen LogP contribution >= 0.6 is 0 Å². The highest BCUT2D eigenvalue weighted by Crippen LogP contribution is 2.25. The maximum Gasteiger partial charge on any atom is 0.320 e. The van der Waals surface area contributed by atoms with Gasteiger partial charge in [-0.1, -0.05) is 24.3 Å². The van der Waals surface area contributed by atoms with Crippen molar-refractivity contribution in [1.29, 1.82) is 0 Å². The Morgan fingerprint density at radius 3 is 2.78 bits per heavy atom. The fourth-order valence-electron chi connectivity index (χ4n) is 4.29. The maximum atomic E-state index is 9.58. The lowest BCUT2D eigenvalue weighted by Crippen LogP contribution is -2.36. The number of azo groups is 1. The summed E-state index contributed by atoms with van der Waals surface area (Å²) >= 11 is 0. The molecule has 4 aromatic rings. The topological polar surface area (TPSA) is 117 Å². The molecule has 192 valence electrons. The molecule has 0 amide bonds. The van der Waals surface area contributed by atoms with Gasteiger partial charge in [-0.3, -0.25) is 0 Å². The van der Waals surface area contributed by atoms with E-state index in [9.17, 15) is 5.11 Å². The zero-order valence-electron chi connectivity index (χ0n) is 20.8. The van der Waals surface area contributed by atoms with Gasteiger partial charge in [-0.2, -0.15) is 15.1 Å². The number of ether oxygens (including phenoxy) is 3. The molecule has 0 aliphatic carbocycles. The van der Waals surface area contributed by atoms with E-state index in [2.05, 4.69) is 36.1 Å². The number of benzene rings is 2. The first-order valence-electron chi connectivity index (χ1n) is 12.3. The van der Waals surface area contributed by atoms with E-state index in [-0.39, 0.29) is 12.6 Å². The highest BCUT2D eigenvalue weighted by atomic mass is 16.5. The van der Waals surface area contributed by atoms with Gasteiger partial charge >= 0.3 is 6.01 Å². The number of nitrogens with zero attached hydrogens (tertiary/aromatic N) is 5. The summed E-state index contributed by atoms with van der Waals surface area (Å²) in [6.45, 7) is 3.47. The second-order valence-electron chi connectivity index (χ2n) is 8.63. The normalized spacial score (nSPS) is 13.9. The van der Waals surface area contributed by atoms with Crippen molar-refractivity contribution in [3.05, 3.63) is 71.4 Å². The van der Waals surface area contributed by atoms with Crippen molar-refractivity contribution in [2.24, 2.45) is 10.2 Å². The van der Waals surface area contributed by atoms with E-state index in [1.54, 1.807) is 7.11 Å². The molecule has 0 atom stereocenters. The highest BCUT2D eigenvalue weighted by Gasteiger charge is 2.16. The highest BCUT2D eigenvalue weighted by molar-refractivity contribution is 5.82. The first-order chi connectivity index (χ1) is 18.2. The van der Waals surface area contributed by atoms with E-state index in [4.69, 9.17) is 14.2 Å². The number of aromatic amines is 1. The second kappa shape index (κ2) is 11.8. The van der Waals surface area contributed by atoms with Crippen molar-refractivity contribution in [2.75, 3.05) is 44.9 Å². The lowest BCUT2D eigenvalue weighted by atomic mass is 10.1. The molecule has 37 heavy (non-hydrogen) atoms. The van der Waals surface area contributed by atoms with Crippen LogP contribution in [0.2, 0.25) is 0 Å². The van der Waals surface area contributed by atoms with E-state index in [0.717, 1.165) is 46.5 Å². The number of morpholine rings is 1. The number of anilines is 1. The summed E-state index contributed by atoms with van der Waals surface area (Å²) in [4.78, 5) is 14.5. The minimum atomic E-state index is -0.0878. The number of rotatable bonds is 10. The molecule has 10 nitrogen and oxygen atoms in total. The van der Waals surface area contributed by atoms with E-state index < -0.39 is 0 Å². The van der Waals surface area contributed by atoms with Crippen LogP contribution in [0.4, 0.5) is 11.6 Å². The van der Waals surface area contributed by atoms with Crippen molar-refractivity contribution in [3.8, 4) is 11.8 Å². The molecular weight excluding hydrogens is 472 g/mol. The van der Waals surface area contributed by atoms with Crippen LogP contribution in [0.15, 0.2) is 65.0 Å². The maximum absolute atomic E-state index is 9.58. The summed E-state index contributed by atoms with van der Waals surface area (Å²) in [6.07, 6.45) is 2.58. The SMILES string of the molecule is COc1ccc(CCOc2nc(N=NCc3c[nH]c4ccccc34)cc(N3CCOCC3)n2)cc1CO. The Labute approximate surface area is 214 Å². The number of para-hydroxylation sites is 1. The molecule has 5 rings (SSSR count). The van der Waals surface area contributed by atoms with Crippen LogP contribution in [-0.4, -0.2) is 60.1 Å². The smallest absolute Gasteiger partial charge is 0.320 e. The summed E-state index contributed by atoms with van der Waals surface area (Å²) in [6, 6.07) is 15.9. The Kier molecular flexibility index (Phi) is 7.87. The number of hydrogen-bond donors (Lipinski definition) is 2. The lowest BCUT2D eigenvalue weighted by molar-refractivity contribution is 0.122. The van der Waals surface area contributed by atoms with Gasteiger partial charge in [-0.15, -0.1) is 5.11 Å². The van der Waals surface area contributed by atoms with Crippen LogP contribution in [0.3, 0.4) is 0 Å². The zero-order chi connectivity index (χ0) is 25.5.